The predicted octanol–water partition coefficient (Wildman–Crippen LogP) is 4.13. The van der Waals surface area contributed by atoms with Crippen LogP contribution in [-0.4, -0.2) is 31.6 Å². The number of carbonyl (C=O) groups is 2. The highest BCUT2D eigenvalue weighted by Crippen LogP contribution is 2.33. The highest BCUT2D eigenvalue weighted by molar-refractivity contribution is 9.10. The molecule has 0 spiro atoms. The van der Waals surface area contributed by atoms with Crippen molar-refractivity contribution in [2.45, 2.75) is 6.92 Å². The van der Waals surface area contributed by atoms with Gasteiger partial charge >= 0.3 is 0 Å². The number of ether oxygens (including phenoxy) is 2. The Bertz CT molecular complexity index is 1010. The average Bonchev–Trinajstić information content (AvgIpc) is 2.73. The molecule has 0 unspecified atom stereocenters. The number of likely N-dealkylation sites (N-methyl/N-ethyl adjacent to an activating group) is 1. The van der Waals surface area contributed by atoms with Gasteiger partial charge in [-0.15, -0.1) is 0 Å². The molecule has 0 atom stereocenters. The van der Waals surface area contributed by atoms with Crippen LogP contribution >= 0.6 is 15.9 Å². The second-order valence-electron chi connectivity index (χ2n) is 6.20. The van der Waals surface area contributed by atoms with Gasteiger partial charge < -0.3 is 20.1 Å². The van der Waals surface area contributed by atoms with Crippen molar-refractivity contribution in [3.05, 3.63) is 65.1 Å². The number of carbonyl (C=O) groups excluding carboxylic acids is 2. The molecule has 7 heteroatoms. The number of anilines is 1. The van der Waals surface area contributed by atoms with E-state index < -0.39 is 0 Å². The van der Waals surface area contributed by atoms with Crippen molar-refractivity contribution in [1.29, 1.82) is 0 Å². The first-order valence-corrected chi connectivity index (χ1v) is 9.95. The van der Waals surface area contributed by atoms with Crippen LogP contribution in [0.15, 0.2) is 65.1 Å². The summed E-state index contributed by atoms with van der Waals surface area (Å²) in [7, 11) is 0. The summed E-state index contributed by atoms with van der Waals surface area (Å²) in [5, 5.41) is 7.53. The Morgan fingerprint density at radius 3 is 2.38 bits per heavy atom. The van der Waals surface area contributed by atoms with E-state index in [0.29, 0.717) is 23.7 Å². The standard InChI is InChI=1S/C22H21BrN2O4/c1-2-24-20(26)13-28-17-10-8-16(9-11-17)25-21(27)14-29-19-12-7-15-5-3-4-6-18(15)22(19)23/h3-12H,2,13-14H2,1H3,(H,24,26)(H,25,27). The van der Waals surface area contributed by atoms with E-state index in [1.807, 2.05) is 43.3 Å². The predicted molar refractivity (Wildman–Crippen MR) is 116 cm³/mol. The largest absolute Gasteiger partial charge is 0.484 e. The molecule has 2 amide bonds. The van der Waals surface area contributed by atoms with Gasteiger partial charge in [0.1, 0.15) is 11.5 Å². The third kappa shape index (κ3) is 5.71. The van der Waals surface area contributed by atoms with Crippen molar-refractivity contribution in [2.75, 3.05) is 25.1 Å². The highest BCUT2D eigenvalue weighted by atomic mass is 79.9. The van der Waals surface area contributed by atoms with Crippen LogP contribution in [0.5, 0.6) is 11.5 Å². The number of hydrogen-bond acceptors (Lipinski definition) is 4. The molecule has 0 saturated heterocycles. The monoisotopic (exact) mass is 456 g/mol. The summed E-state index contributed by atoms with van der Waals surface area (Å²) >= 11 is 3.54. The molecule has 0 radical (unpaired) electrons. The molecule has 0 bridgehead atoms. The van der Waals surface area contributed by atoms with Crippen molar-refractivity contribution in [2.24, 2.45) is 0 Å². The third-order valence-electron chi connectivity index (χ3n) is 4.07. The van der Waals surface area contributed by atoms with Crippen molar-refractivity contribution < 1.29 is 19.1 Å². The van der Waals surface area contributed by atoms with Crippen LogP contribution in [0.3, 0.4) is 0 Å². The lowest BCUT2D eigenvalue weighted by Crippen LogP contribution is -2.28. The Hall–Kier alpha value is -3.06. The lowest BCUT2D eigenvalue weighted by molar-refractivity contribution is -0.123. The zero-order valence-corrected chi connectivity index (χ0v) is 17.5. The van der Waals surface area contributed by atoms with E-state index >= 15 is 0 Å². The molecule has 0 aliphatic carbocycles. The van der Waals surface area contributed by atoms with Crippen LogP contribution in [0.1, 0.15) is 6.92 Å². The summed E-state index contributed by atoms with van der Waals surface area (Å²) < 4.78 is 11.9. The number of fused-ring (bicyclic) bond motifs is 1. The van der Waals surface area contributed by atoms with Crippen LogP contribution in [0.4, 0.5) is 5.69 Å². The summed E-state index contributed by atoms with van der Waals surface area (Å²) in [6, 6.07) is 18.5. The summed E-state index contributed by atoms with van der Waals surface area (Å²) in [4.78, 5) is 23.6. The fourth-order valence-electron chi connectivity index (χ4n) is 2.70. The minimum Gasteiger partial charge on any atom is -0.484 e. The van der Waals surface area contributed by atoms with Gasteiger partial charge in [-0.3, -0.25) is 9.59 Å². The zero-order valence-electron chi connectivity index (χ0n) is 15.9. The van der Waals surface area contributed by atoms with Gasteiger partial charge in [0.25, 0.3) is 11.8 Å². The maximum Gasteiger partial charge on any atom is 0.262 e. The molecular weight excluding hydrogens is 436 g/mol. The first kappa shape index (κ1) is 20.7. The first-order valence-electron chi connectivity index (χ1n) is 9.16. The van der Waals surface area contributed by atoms with E-state index in [1.54, 1.807) is 24.3 Å². The van der Waals surface area contributed by atoms with Crippen LogP contribution in [-0.2, 0) is 9.59 Å². The molecule has 0 saturated carbocycles. The number of nitrogens with one attached hydrogen (secondary N) is 2. The topological polar surface area (TPSA) is 76.7 Å². The molecule has 3 aromatic carbocycles. The SMILES string of the molecule is CCNC(=O)COc1ccc(NC(=O)COc2ccc3ccccc3c2Br)cc1. The second-order valence-corrected chi connectivity index (χ2v) is 7.00. The maximum absolute atomic E-state index is 12.2. The highest BCUT2D eigenvalue weighted by Gasteiger charge is 2.09. The van der Waals surface area contributed by atoms with Gasteiger partial charge in [-0.1, -0.05) is 30.3 Å². The zero-order chi connectivity index (χ0) is 20.6. The van der Waals surface area contributed by atoms with Crippen molar-refractivity contribution in [1.82, 2.24) is 5.32 Å². The molecular formula is C22H21BrN2O4. The van der Waals surface area contributed by atoms with Crippen molar-refractivity contribution >= 4 is 44.2 Å². The van der Waals surface area contributed by atoms with Gasteiger partial charge in [0, 0.05) is 12.2 Å². The molecule has 2 N–H and O–H groups in total. The van der Waals surface area contributed by atoms with Gasteiger partial charge in [0.2, 0.25) is 0 Å². The summed E-state index contributed by atoms with van der Waals surface area (Å²) in [6.07, 6.45) is 0. The van der Waals surface area contributed by atoms with Crippen LogP contribution < -0.4 is 20.1 Å². The molecule has 6 nitrogen and oxygen atoms in total. The lowest BCUT2D eigenvalue weighted by Gasteiger charge is -2.11. The minimum absolute atomic E-state index is 0.0476. The van der Waals surface area contributed by atoms with Gasteiger partial charge in [-0.2, -0.15) is 0 Å². The molecule has 3 rings (SSSR count). The first-order chi connectivity index (χ1) is 14.1. The molecule has 0 aromatic heterocycles. The van der Waals surface area contributed by atoms with Gasteiger partial charge in [0.05, 0.1) is 4.47 Å². The fourth-order valence-corrected chi connectivity index (χ4v) is 3.30. The number of amides is 2. The Morgan fingerprint density at radius 2 is 1.62 bits per heavy atom. The molecule has 0 heterocycles. The van der Waals surface area contributed by atoms with Gasteiger partial charge in [0.15, 0.2) is 13.2 Å². The molecule has 0 fully saturated rings. The van der Waals surface area contributed by atoms with E-state index in [0.717, 1.165) is 15.2 Å². The van der Waals surface area contributed by atoms with Crippen molar-refractivity contribution in [3.8, 4) is 11.5 Å². The quantitative estimate of drug-likeness (QED) is 0.533. The molecule has 0 aliphatic heterocycles. The smallest absolute Gasteiger partial charge is 0.262 e. The lowest BCUT2D eigenvalue weighted by atomic mass is 10.1. The van der Waals surface area contributed by atoms with E-state index in [-0.39, 0.29) is 25.0 Å². The normalized spacial score (nSPS) is 10.4. The number of halogens is 1. The second kappa shape index (κ2) is 9.93. The van der Waals surface area contributed by atoms with Gasteiger partial charge in [-0.05, 0) is 64.0 Å². The Morgan fingerprint density at radius 1 is 0.897 bits per heavy atom. The Labute approximate surface area is 177 Å². The van der Waals surface area contributed by atoms with E-state index in [1.165, 1.54) is 0 Å². The summed E-state index contributed by atoms with van der Waals surface area (Å²) in [5.41, 5.74) is 0.613. The maximum atomic E-state index is 12.2. The average molecular weight is 457 g/mol. The van der Waals surface area contributed by atoms with Crippen LogP contribution in [0, 0.1) is 0 Å². The number of hydrogen-bond donors (Lipinski definition) is 2. The Kier molecular flexibility index (Phi) is 7.08. The molecule has 3 aromatic rings. The molecule has 29 heavy (non-hydrogen) atoms. The van der Waals surface area contributed by atoms with Crippen LogP contribution in [0.25, 0.3) is 10.8 Å². The molecule has 0 aliphatic rings. The van der Waals surface area contributed by atoms with Gasteiger partial charge in [-0.25, -0.2) is 0 Å². The van der Waals surface area contributed by atoms with E-state index in [4.69, 9.17) is 9.47 Å². The Balaban J connectivity index is 1.52. The van der Waals surface area contributed by atoms with E-state index in [9.17, 15) is 9.59 Å². The fraction of sp³-hybridized carbons (Fsp3) is 0.182. The summed E-state index contributed by atoms with van der Waals surface area (Å²) in [6.45, 7) is 2.24. The van der Waals surface area contributed by atoms with Crippen molar-refractivity contribution in [3.63, 3.8) is 0 Å². The number of rotatable bonds is 8. The van der Waals surface area contributed by atoms with Crippen LogP contribution in [0.2, 0.25) is 0 Å². The molecule has 150 valence electrons. The number of benzene rings is 3. The summed E-state index contributed by atoms with van der Waals surface area (Å²) in [5.74, 6) is 0.696. The van der Waals surface area contributed by atoms with E-state index in [2.05, 4.69) is 26.6 Å². The third-order valence-corrected chi connectivity index (χ3v) is 4.89. The minimum atomic E-state index is -0.277.